The van der Waals surface area contributed by atoms with Gasteiger partial charge in [-0.2, -0.15) is 0 Å². The standard InChI is InChI=1S/C18H19NO5S2/c20-18(19-13-2-1-9-26(21,22)11-13)17-6-5-16(25-17)12-3-4-14-15(10-12)24-8-7-23-14/h3-6,10,13H,1-2,7-9,11H2,(H,19,20). The Labute approximate surface area is 156 Å². The van der Waals surface area contributed by atoms with Crippen LogP contribution in [-0.4, -0.2) is 45.1 Å². The Morgan fingerprint density at radius 3 is 2.73 bits per heavy atom. The Morgan fingerprint density at radius 2 is 1.92 bits per heavy atom. The normalized spacial score (nSPS) is 21.2. The van der Waals surface area contributed by atoms with Crippen LogP contribution in [0.2, 0.25) is 0 Å². The predicted octanol–water partition coefficient (Wildman–Crippen LogP) is 2.49. The number of hydrogen-bond acceptors (Lipinski definition) is 6. The van der Waals surface area contributed by atoms with E-state index in [0.29, 0.717) is 36.7 Å². The van der Waals surface area contributed by atoms with Crippen molar-refractivity contribution in [3.63, 3.8) is 0 Å². The average Bonchev–Trinajstić information content (AvgIpc) is 3.11. The van der Waals surface area contributed by atoms with Crippen LogP contribution < -0.4 is 14.8 Å². The van der Waals surface area contributed by atoms with Crippen molar-refractivity contribution < 1.29 is 22.7 Å². The summed E-state index contributed by atoms with van der Waals surface area (Å²) in [5.41, 5.74) is 0.957. The summed E-state index contributed by atoms with van der Waals surface area (Å²) < 4.78 is 34.6. The Kier molecular flexibility index (Phi) is 4.62. The third-order valence-electron chi connectivity index (χ3n) is 4.45. The zero-order valence-corrected chi connectivity index (χ0v) is 15.7. The largest absolute Gasteiger partial charge is 0.486 e. The number of benzene rings is 1. The van der Waals surface area contributed by atoms with Gasteiger partial charge in [-0.05, 0) is 48.7 Å². The zero-order chi connectivity index (χ0) is 18.1. The number of carbonyl (C=O) groups excluding carboxylic acids is 1. The van der Waals surface area contributed by atoms with E-state index in [1.54, 1.807) is 6.07 Å². The molecule has 1 amide bonds. The molecule has 1 N–H and O–H groups in total. The van der Waals surface area contributed by atoms with Crippen molar-refractivity contribution in [2.24, 2.45) is 0 Å². The molecule has 1 saturated heterocycles. The molecule has 2 aliphatic heterocycles. The molecule has 4 rings (SSSR count). The van der Waals surface area contributed by atoms with Gasteiger partial charge in [0.25, 0.3) is 5.91 Å². The average molecular weight is 393 g/mol. The van der Waals surface area contributed by atoms with Crippen LogP contribution in [0.15, 0.2) is 30.3 Å². The van der Waals surface area contributed by atoms with E-state index in [1.165, 1.54) is 11.3 Å². The first-order chi connectivity index (χ1) is 12.5. The van der Waals surface area contributed by atoms with Gasteiger partial charge in [0.1, 0.15) is 13.2 Å². The predicted molar refractivity (Wildman–Crippen MR) is 99.9 cm³/mol. The third-order valence-corrected chi connectivity index (χ3v) is 7.41. The highest BCUT2D eigenvalue weighted by atomic mass is 32.2. The number of sulfone groups is 1. The Balaban J connectivity index is 1.48. The van der Waals surface area contributed by atoms with Gasteiger partial charge in [-0.3, -0.25) is 4.79 Å². The molecular formula is C18H19NO5S2. The van der Waals surface area contributed by atoms with Crippen LogP contribution in [0.1, 0.15) is 22.5 Å². The highest BCUT2D eigenvalue weighted by molar-refractivity contribution is 7.91. The molecule has 0 saturated carbocycles. The van der Waals surface area contributed by atoms with Gasteiger partial charge in [0, 0.05) is 10.9 Å². The lowest BCUT2D eigenvalue weighted by Gasteiger charge is -2.22. The maximum Gasteiger partial charge on any atom is 0.261 e. The first-order valence-electron chi connectivity index (χ1n) is 8.51. The summed E-state index contributed by atoms with van der Waals surface area (Å²) >= 11 is 1.38. The molecule has 0 radical (unpaired) electrons. The minimum atomic E-state index is -3.04. The highest BCUT2D eigenvalue weighted by Crippen LogP contribution is 2.36. The summed E-state index contributed by atoms with van der Waals surface area (Å²) in [5.74, 6) is 1.46. The second kappa shape index (κ2) is 6.92. The Morgan fingerprint density at radius 1 is 1.12 bits per heavy atom. The Bertz CT molecular complexity index is 935. The molecular weight excluding hydrogens is 374 g/mol. The molecule has 26 heavy (non-hydrogen) atoms. The van der Waals surface area contributed by atoms with Gasteiger partial charge < -0.3 is 14.8 Å². The fourth-order valence-electron chi connectivity index (χ4n) is 3.20. The van der Waals surface area contributed by atoms with E-state index in [-0.39, 0.29) is 23.5 Å². The SMILES string of the molecule is O=C(NC1CCCS(=O)(=O)C1)c1ccc(-c2ccc3c(c2)OCCO3)s1. The number of nitrogens with one attached hydrogen (secondary N) is 1. The molecule has 1 unspecified atom stereocenters. The molecule has 138 valence electrons. The van der Waals surface area contributed by atoms with Crippen LogP contribution in [0.3, 0.4) is 0 Å². The molecule has 1 aromatic carbocycles. The fourth-order valence-corrected chi connectivity index (χ4v) is 5.75. The summed E-state index contributed by atoms with van der Waals surface area (Å²) in [4.78, 5) is 14.0. The monoisotopic (exact) mass is 393 g/mol. The smallest absolute Gasteiger partial charge is 0.261 e. The van der Waals surface area contributed by atoms with Gasteiger partial charge in [0.2, 0.25) is 0 Å². The Hall–Kier alpha value is -2.06. The number of fused-ring (bicyclic) bond motifs is 1. The van der Waals surface area contributed by atoms with E-state index >= 15 is 0 Å². The van der Waals surface area contributed by atoms with Crippen molar-refractivity contribution >= 4 is 27.1 Å². The van der Waals surface area contributed by atoms with Crippen molar-refractivity contribution in [2.75, 3.05) is 24.7 Å². The van der Waals surface area contributed by atoms with Gasteiger partial charge in [-0.25, -0.2) is 8.42 Å². The number of carbonyl (C=O) groups is 1. The lowest BCUT2D eigenvalue weighted by Crippen LogP contribution is -2.42. The molecule has 3 heterocycles. The van der Waals surface area contributed by atoms with Crippen LogP contribution >= 0.6 is 11.3 Å². The minimum Gasteiger partial charge on any atom is -0.486 e. The van der Waals surface area contributed by atoms with Gasteiger partial charge in [0.05, 0.1) is 16.4 Å². The van der Waals surface area contributed by atoms with Crippen LogP contribution in [0.4, 0.5) is 0 Å². The molecule has 1 aromatic heterocycles. The van der Waals surface area contributed by atoms with Crippen molar-refractivity contribution in [1.29, 1.82) is 0 Å². The second-order valence-electron chi connectivity index (χ2n) is 6.45. The molecule has 1 atom stereocenters. The third kappa shape index (κ3) is 3.71. The summed E-state index contributed by atoms with van der Waals surface area (Å²) in [7, 11) is -3.04. The molecule has 0 spiro atoms. The summed E-state index contributed by atoms with van der Waals surface area (Å²) in [6.45, 7) is 1.07. The van der Waals surface area contributed by atoms with E-state index in [2.05, 4.69) is 5.32 Å². The molecule has 2 aromatic rings. The van der Waals surface area contributed by atoms with Crippen LogP contribution in [0, 0.1) is 0 Å². The van der Waals surface area contributed by atoms with E-state index in [9.17, 15) is 13.2 Å². The molecule has 8 heteroatoms. The molecule has 6 nitrogen and oxygen atoms in total. The number of hydrogen-bond donors (Lipinski definition) is 1. The number of amides is 1. The second-order valence-corrected chi connectivity index (χ2v) is 9.76. The van der Waals surface area contributed by atoms with Gasteiger partial charge in [-0.1, -0.05) is 0 Å². The molecule has 0 aliphatic carbocycles. The van der Waals surface area contributed by atoms with E-state index in [0.717, 1.165) is 16.2 Å². The number of thiophene rings is 1. The quantitative estimate of drug-likeness (QED) is 0.866. The lowest BCUT2D eigenvalue weighted by molar-refractivity contribution is 0.0942. The van der Waals surface area contributed by atoms with Gasteiger partial charge in [0.15, 0.2) is 21.3 Å². The van der Waals surface area contributed by atoms with Gasteiger partial charge >= 0.3 is 0 Å². The van der Waals surface area contributed by atoms with Gasteiger partial charge in [-0.15, -0.1) is 11.3 Å². The van der Waals surface area contributed by atoms with Crippen LogP contribution in [-0.2, 0) is 9.84 Å². The first kappa shape index (κ1) is 17.4. The van der Waals surface area contributed by atoms with Crippen LogP contribution in [0.25, 0.3) is 10.4 Å². The first-order valence-corrected chi connectivity index (χ1v) is 11.2. The topological polar surface area (TPSA) is 81.7 Å². The number of ether oxygens (including phenoxy) is 2. The maximum absolute atomic E-state index is 12.5. The van der Waals surface area contributed by atoms with Crippen LogP contribution in [0.5, 0.6) is 11.5 Å². The summed E-state index contributed by atoms with van der Waals surface area (Å²) in [6.07, 6.45) is 1.30. The van der Waals surface area contributed by atoms with E-state index < -0.39 is 9.84 Å². The highest BCUT2D eigenvalue weighted by Gasteiger charge is 2.26. The van der Waals surface area contributed by atoms with Crippen molar-refractivity contribution in [2.45, 2.75) is 18.9 Å². The number of rotatable bonds is 3. The molecule has 1 fully saturated rings. The molecule has 2 aliphatic rings. The van der Waals surface area contributed by atoms with Crippen molar-refractivity contribution in [3.8, 4) is 21.9 Å². The van der Waals surface area contributed by atoms with E-state index in [4.69, 9.17) is 9.47 Å². The van der Waals surface area contributed by atoms with E-state index in [1.807, 2.05) is 24.3 Å². The van der Waals surface area contributed by atoms with Crippen molar-refractivity contribution in [1.82, 2.24) is 5.32 Å². The lowest BCUT2D eigenvalue weighted by atomic mass is 10.1. The summed E-state index contributed by atoms with van der Waals surface area (Å²) in [6, 6.07) is 9.08. The van der Waals surface area contributed by atoms with Crippen molar-refractivity contribution in [3.05, 3.63) is 35.2 Å². The summed E-state index contributed by atoms with van der Waals surface area (Å²) in [5, 5.41) is 2.85. The minimum absolute atomic E-state index is 0.0269. The zero-order valence-electron chi connectivity index (χ0n) is 14.1. The fraction of sp³-hybridized carbons (Fsp3) is 0.389. The molecule has 0 bridgehead atoms. The maximum atomic E-state index is 12.5.